The summed E-state index contributed by atoms with van der Waals surface area (Å²) >= 11 is 6.70. The standard InChI is InChI=1S/C17H14N2OS2/c1-2-12-3-5-14(6-4-12)19-16(20)15(22-17(19)21)11-13-7-9-18-10-8-13/h3-11H,2H2,1H3/b15-11-. The fourth-order valence-electron chi connectivity index (χ4n) is 2.18. The number of aromatic nitrogens is 1. The van der Waals surface area contributed by atoms with E-state index < -0.39 is 0 Å². The molecule has 0 unspecified atom stereocenters. The highest BCUT2D eigenvalue weighted by Crippen LogP contribution is 2.35. The van der Waals surface area contributed by atoms with Gasteiger partial charge < -0.3 is 0 Å². The number of hydrogen-bond donors (Lipinski definition) is 0. The van der Waals surface area contributed by atoms with E-state index in [-0.39, 0.29) is 5.91 Å². The van der Waals surface area contributed by atoms with E-state index in [9.17, 15) is 4.79 Å². The predicted molar refractivity (Wildman–Crippen MR) is 95.7 cm³/mol. The fraction of sp³-hybridized carbons (Fsp3) is 0.118. The molecule has 110 valence electrons. The summed E-state index contributed by atoms with van der Waals surface area (Å²) in [5, 5.41) is 0. The summed E-state index contributed by atoms with van der Waals surface area (Å²) in [4.78, 5) is 18.8. The summed E-state index contributed by atoms with van der Waals surface area (Å²) < 4.78 is 0.564. The molecular formula is C17H14N2OS2. The van der Waals surface area contributed by atoms with E-state index in [2.05, 4.69) is 11.9 Å². The minimum absolute atomic E-state index is 0.0731. The average Bonchev–Trinajstić information content (AvgIpc) is 2.82. The van der Waals surface area contributed by atoms with Gasteiger partial charge >= 0.3 is 0 Å². The Morgan fingerprint density at radius 3 is 2.50 bits per heavy atom. The number of aryl methyl sites for hydroxylation is 1. The Balaban J connectivity index is 1.89. The fourth-order valence-corrected chi connectivity index (χ4v) is 3.48. The van der Waals surface area contributed by atoms with Crippen molar-refractivity contribution in [1.29, 1.82) is 0 Å². The van der Waals surface area contributed by atoms with E-state index in [0.29, 0.717) is 9.23 Å². The molecule has 0 N–H and O–H groups in total. The van der Waals surface area contributed by atoms with Gasteiger partial charge in [-0.25, -0.2) is 0 Å². The maximum Gasteiger partial charge on any atom is 0.270 e. The monoisotopic (exact) mass is 326 g/mol. The van der Waals surface area contributed by atoms with Crippen molar-refractivity contribution in [3.63, 3.8) is 0 Å². The van der Waals surface area contributed by atoms with Crippen molar-refractivity contribution >= 4 is 46.0 Å². The first-order valence-corrected chi connectivity index (χ1v) is 8.18. The summed E-state index contributed by atoms with van der Waals surface area (Å²) in [5.41, 5.74) is 3.00. The molecule has 2 heterocycles. The molecule has 1 amide bonds. The molecular weight excluding hydrogens is 312 g/mol. The second kappa shape index (κ2) is 6.42. The Hall–Kier alpha value is -1.98. The molecule has 1 aliphatic rings. The second-order valence-electron chi connectivity index (χ2n) is 4.82. The molecule has 1 aromatic heterocycles. The molecule has 3 nitrogen and oxygen atoms in total. The van der Waals surface area contributed by atoms with Crippen molar-refractivity contribution in [3.8, 4) is 0 Å². The predicted octanol–water partition coefficient (Wildman–Crippen LogP) is 4.05. The van der Waals surface area contributed by atoms with E-state index in [0.717, 1.165) is 17.7 Å². The van der Waals surface area contributed by atoms with Crippen LogP contribution in [-0.2, 0) is 11.2 Å². The van der Waals surface area contributed by atoms with Gasteiger partial charge in [0.15, 0.2) is 4.32 Å². The molecule has 0 saturated carbocycles. The Labute approximate surface area is 139 Å². The van der Waals surface area contributed by atoms with E-state index in [1.165, 1.54) is 17.3 Å². The third-order valence-corrected chi connectivity index (χ3v) is 4.70. The molecule has 2 aromatic rings. The summed E-state index contributed by atoms with van der Waals surface area (Å²) in [6, 6.07) is 11.7. The van der Waals surface area contributed by atoms with Crippen LogP contribution in [0.2, 0.25) is 0 Å². The molecule has 0 bridgehead atoms. The number of rotatable bonds is 3. The van der Waals surface area contributed by atoms with Crippen molar-refractivity contribution in [2.24, 2.45) is 0 Å². The third-order valence-electron chi connectivity index (χ3n) is 3.40. The van der Waals surface area contributed by atoms with Crippen LogP contribution in [0.4, 0.5) is 5.69 Å². The van der Waals surface area contributed by atoms with Crippen LogP contribution >= 0.6 is 24.0 Å². The highest BCUT2D eigenvalue weighted by molar-refractivity contribution is 8.27. The van der Waals surface area contributed by atoms with Gasteiger partial charge in [-0.1, -0.05) is 43.0 Å². The lowest BCUT2D eigenvalue weighted by molar-refractivity contribution is -0.113. The van der Waals surface area contributed by atoms with Crippen molar-refractivity contribution in [2.45, 2.75) is 13.3 Å². The van der Waals surface area contributed by atoms with Crippen LogP contribution in [0.25, 0.3) is 6.08 Å². The van der Waals surface area contributed by atoms with Gasteiger partial charge in [-0.05, 0) is 47.9 Å². The van der Waals surface area contributed by atoms with Crippen LogP contribution in [0, 0.1) is 0 Å². The highest BCUT2D eigenvalue weighted by atomic mass is 32.2. The van der Waals surface area contributed by atoms with Gasteiger partial charge in [-0.15, -0.1) is 0 Å². The van der Waals surface area contributed by atoms with Crippen molar-refractivity contribution in [2.75, 3.05) is 4.90 Å². The number of carbonyl (C=O) groups is 1. The number of benzene rings is 1. The lowest BCUT2D eigenvalue weighted by Gasteiger charge is -2.14. The van der Waals surface area contributed by atoms with Gasteiger partial charge in [-0.3, -0.25) is 14.7 Å². The molecule has 0 radical (unpaired) electrons. The number of thiocarbonyl (C=S) groups is 1. The molecule has 1 aliphatic heterocycles. The number of anilines is 1. The number of thioether (sulfide) groups is 1. The second-order valence-corrected chi connectivity index (χ2v) is 6.49. The maximum absolute atomic E-state index is 12.6. The molecule has 22 heavy (non-hydrogen) atoms. The largest absolute Gasteiger partial charge is 0.270 e. The molecule has 0 spiro atoms. The van der Waals surface area contributed by atoms with Crippen LogP contribution in [0.15, 0.2) is 53.7 Å². The zero-order chi connectivity index (χ0) is 15.5. The van der Waals surface area contributed by atoms with Crippen molar-refractivity contribution in [3.05, 3.63) is 64.8 Å². The van der Waals surface area contributed by atoms with Gasteiger partial charge in [-0.2, -0.15) is 0 Å². The molecule has 5 heteroatoms. The Kier molecular flexibility index (Phi) is 4.36. The first kappa shape index (κ1) is 14.9. The number of nitrogens with zero attached hydrogens (tertiary/aromatic N) is 2. The molecule has 0 aliphatic carbocycles. The topological polar surface area (TPSA) is 33.2 Å². The van der Waals surface area contributed by atoms with E-state index in [1.807, 2.05) is 42.5 Å². The Morgan fingerprint density at radius 1 is 1.18 bits per heavy atom. The first-order valence-electron chi connectivity index (χ1n) is 6.96. The van der Waals surface area contributed by atoms with E-state index >= 15 is 0 Å². The van der Waals surface area contributed by atoms with Crippen LogP contribution in [-0.4, -0.2) is 15.2 Å². The lowest BCUT2D eigenvalue weighted by atomic mass is 10.1. The van der Waals surface area contributed by atoms with Crippen LogP contribution < -0.4 is 4.90 Å². The van der Waals surface area contributed by atoms with Gasteiger partial charge in [0.2, 0.25) is 0 Å². The Bertz CT molecular complexity index is 739. The number of pyridine rings is 1. The average molecular weight is 326 g/mol. The normalized spacial score (nSPS) is 16.6. The van der Waals surface area contributed by atoms with Crippen LogP contribution in [0.5, 0.6) is 0 Å². The van der Waals surface area contributed by atoms with Crippen LogP contribution in [0.3, 0.4) is 0 Å². The summed E-state index contributed by atoms with van der Waals surface area (Å²) in [6.45, 7) is 2.10. The summed E-state index contributed by atoms with van der Waals surface area (Å²) in [5.74, 6) is -0.0731. The molecule has 0 atom stereocenters. The molecule has 1 saturated heterocycles. The Morgan fingerprint density at radius 2 is 1.86 bits per heavy atom. The quantitative estimate of drug-likeness (QED) is 0.629. The first-order chi connectivity index (χ1) is 10.7. The van der Waals surface area contributed by atoms with Gasteiger partial charge in [0.1, 0.15) is 0 Å². The van der Waals surface area contributed by atoms with Crippen LogP contribution in [0.1, 0.15) is 18.1 Å². The lowest BCUT2D eigenvalue weighted by Crippen LogP contribution is -2.27. The van der Waals surface area contributed by atoms with Crippen molar-refractivity contribution in [1.82, 2.24) is 4.98 Å². The molecule has 1 fully saturated rings. The summed E-state index contributed by atoms with van der Waals surface area (Å²) in [7, 11) is 0. The van der Waals surface area contributed by atoms with Gasteiger partial charge in [0.05, 0.1) is 10.6 Å². The molecule has 1 aromatic carbocycles. The maximum atomic E-state index is 12.6. The minimum Gasteiger partial charge on any atom is -0.268 e. The van der Waals surface area contributed by atoms with Gasteiger partial charge in [0, 0.05) is 12.4 Å². The van der Waals surface area contributed by atoms with E-state index in [4.69, 9.17) is 12.2 Å². The van der Waals surface area contributed by atoms with Gasteiger partial charge in [0.25, 0.3) is 5.91 Å². The highest BCUT2D eigenvalue weighted by Gasteiger charge is 2.33. The smallest absolute Gasteiger partial charge is 0.268 e. The van der Waals surface area contributed by atoms with E-state index in [1.54, 1.807) is 17.3 Å². The zero-order valence-corrected chi connectivity index (χ0v) is 13.7. The number of hydrogen-bond acceptors (Lipinski definition) is 4. The number of amides is 1. The number of carbonyl (C=O) groups excluding carboxylic acids is 1. The summed E-state index contributed by atoms with van der Waals surface area (Å²) in [6.07, 6.45) is 6.23. The minimum atomic E-state index is -0.0731. The molecule has 3 rings (SSSR count). The zero-order valence-electron chi connectivity index (χ0n) is 12.0. The van der Waals surface area contributed by atoms with Crippen molar-refractivity contribution < 1.29 is 4.79 Å². The third kappa shape index (κ3) is 2.96. The SMILES string of the molecule is CCc1ccc(N2C(=O)/C(=C/c3ccncc3)SC2=S)cc1.